The number of hydrogen-bond acceptors (Lipinski definition) is 3. The van der Waals surface area contributed by atoms with Crippen LogP contribution in [0.25, 0.3) is 0 Å². The fourth-order valence-corrected chi connectivity index (χ4v) is 1.54. The lowest BCUT2D eigenvalue weighted by Crippen LogP contribution is -2.24. The summed E-state index contributed by atoms with van der Waals surface area (Å²) in [5.74, 6) is 1.58. The summed E-state index contributed by atoms with van der Waals surface area (Å²) in [6.45, 7) is 0.776. The summed E-state index contributed by atoms with van der Waals surface area (Å²) in [7, 11) is 1.59. The summed E-state index contributed by atoms with van der Waals surface area (Å²) in [4.78, 5) is 17.3. The summed E-state index contributed by atoms with van der Waals surface area (Å²) < 4.78 is 4.99. The first kappa shape index (κ1) is 8.99. The van der Waals surface area contributed by atoms with Gasteiger partial charge in [0.25, 0.3) is 0 Å². The van der Waals surface area contributed by atoms with Crippen molar-refractivity contribution in [2.75, 3.05) is 18.6 Å². The molecule has 1 saturated heterocycles. The molecule has 1 aliphatic heterocycles. The molecule has 0 N–H and O–H groups in total. The number of methoxy groups -OCH3 is 1. The first-order valence-corrected chi connectivity index (χ1v) is 4.61. The van der Waals surface area contributed by atoms with E-state index >= 15 is 0 Å². The SMILES string of the molecule is COc1ccc(N2CCCC2=O)nc1. The van der Waals surface area contributed by atoms with Crippen molar-refractivity contribution < 1.29 is 9.53 Å². The van der Waals surface area contributed by atoms with Gasteiger partial charge in [-0.1, -0.05) is 0 Å². The minimum Gasteiger partial charge on any atom is -0.495 e. The average molecular weight is 192 g/mol. The van der Waals surface area contributed by atoms with Crippen LogP contribution < -0.4 is 9.64 Å². The summed E-state index contributed by atoms with van der Waals surface area (Å²) in [6.07, 6.45) is 3.18. The lowest BCUT2D eigenvalue weighted by atomic mass is 10.4. The molecule has 14 heavy (non-hydrogen) atoms. The van der Waals surface area contributed by atoms with Crippen molar-refractivity contribution in [3.63, 3.8) is 0 Å². The van der Waals surface area contributed by atoms with Gasteiger partial charge in [-0.25, -0.2) is 4.98 Å². The second kappa shape index (κ2) is 3.65. The standard InChI is InChI=1S/C10H12N2O2/c1-14-8-4-5-9(11-7-8)12-6-2-3-10(12)13/h4-5,7H,2-3,6H2,1H3. The van der Waals surface area contributed by atoms with Crippen LogP contribution in [0.15, 0.2) is 18.3 Å². The molecule has 0 aliphatic carbocycles. The van der Waals surface area contributed by atoms with Gasteiger partial charge in [0.2, 0.25) is 5.91 Å². The van der Waals surface area contributed by atoms with Crippen molar-refractivity contribution in [3.05, 3.63) is 18.3 Å². The van der Waals surface area contributed by atoms with Crippen molar-refractivity contribution in [2.45, 2.75) is 12.8 Å². The van der Waals surface area contributed by atoms with Gasteiger partial charge >= 0.3 is 0 Å². The summed E-state index contributed by atoms with van der Waals surface area (Å²) in [6, 6.07) is 3.62. The quantitative estimate of drug-likeness (QED) is 0.707. The van der Waals surface area contributed by atoms with Crippen molar-refractivity contribution in [1.82, 2.24) is 4.98 Å². The molecule has 2 rings (SSSR count). The Morgan fingerprint density at radius 1 is 1.50 bits per heavy atom. The topological polar surface area (TPSA) is 42.4 Å². The van der Waals surface area contributed by atoms with Crippen molar-refractivity contribution in [1.29, 1.82) is 0 Å². The molecule has 0 saturated carbocycles. The largest absolute Gasteiger partial charge is 0.495 e. The predicted molar refractivity (Wildman–Crippen MR) is 52.4 cm³/mol. The Labute approximate surface area is 82.5 Å². The van der Waals surface area contributed by atoms with Crippen LogP contribution >= 0.6 is 0 Å². The number of aromatic nitrogens is 1. The van der Waals surface area contributed by atoms with Gasteiger partial charge < -0.3 is 4.74 Å². The minimum absolute atomic E-state index is 0.155. The number of amides is 1. The molecule has 1 aliphatic rings. The van der Waals surface area contributed by atoms with E-state index in [1.807, 2.05) is 12.1 Å². The van der Waals surface area contributed by atoms with E-state index in [1.54, 1.807) is 18.2 Å². The van der Waals surface area contributed by atoms with E-state index in [-0.39, 0.29) is 5.91 Å². The molecule has 0 unspecified atom stereocenters. The summed E-state index contributed by atoms with van der Waals surface area (Å²) in [5, 5.41) is 0. The van der Waals surface area contributed by atoms with Crippen LogP contribution in [0.1, 0.15) is 12.8 Å². The van der Waals surface area contributed by atoms with Gasteiger partial charge in [-0.2, -0.15) is 0 Å². The van der Waals surface area contributed by atoms with Gasteiger partial charge in [-0.3, -0.25) is 9.69 Å². The molecule has 4 nitrogen and oxygen atoms in total. The molecule has 0 aromatic carbocycles. The maximum atomic E-state index is 11.4. The van der Waals surface area contributed by atoms with Crippen molar-refractivity contribution >= 4 is 11.7 Å². The highest BCUT2D eigenvalue weighted by Gasteiger charge is 2.22. The molecule has 2 heterocycles. The highest BCUT2D eigenvalue weighted by molar-refractivity contribution is 5.94. The number of ether oxygens (including phenoxy) is 1. The smallest absolute Gasteiger partial charge is 0.228 e. The Morgan fingerprint density at radius 3 is 2.86 bits per heavy atom. The Hall–Kier alpha value is -1.58. The fourth-order valence-electron chi connectivity index (χ4n) is 1.54. The molecule has 74 valence electrons. The molecule has 1 fully saturated rings. The number of rotatable bonds is 2. The third-order valence-corrected chi connectivity index (χ3v) is 2.31. The lowest BCUT2D eigenvalue weighted by Gasteiger charge is -2.14. The van der Waals surface area contributed by atoms with E-state index < -0.39 is 0 Å². The van der Waals surface area contributed by atoms with Crippen LogP contribution in [0.3, 0.4) is 0 Å². The molecule has 0 spiro atoms. The third kappa shape index (κ3) is 1.55. The lowest BCUT2D eigenvalue weighted by molar-refractivity contribution is -0.117. The van der Waals surface area contributed by atoms with Gasteiger partial charge in [-0.05, 0) is 18.6 Å². The first-order valence-electron chi connectivity index (χ1n) is 4.61. The second-order valence-corrected chi connectivity index (χ2v) is 3.21. The first-order chi connectivity index (χ1) is 6.81. The van der Waals surface area contributed by atoms with Crippen LogP contribution in [-0.2, 0) is 4.79 Å². The highest BCUT2D eigenvalue weighted by Crippen LogP contribution is 2.20. The number of nitrogens with zero attached hydrogens (tertiary/aromatic N) is 2. The van der Waals surface area contributed by atoms with E-state index in [0.717, 1.165) is 13.0 Å². The van der Waals surface area contributed by atoms with Crippen LogP contribution in [0, 0.1) is 0 Å². The number of pyridine rings is 1. The normalized spacial score (nSPS) is 16.1. The number of carbonyl (C=O) groups is 1. The highest BCUT2D eigenvalue weighted by atomic mass is 16.5. The van der Waals surface area contributed by atoms with Crippen LogP contribution in [0.5, 0.6) is 5.75 Å². The van der Waals surface area contributed by atoms with E-state index in [2.05, 4.69) is 4.98 Å². The maximum absolute atomic E-state index is 11.4. The molecule has 0 bridgehead atoms. The zero-order chi connectivity index (χ0) is 9.97. The van der Waals surface area contributed by atoms with Crippen molar-refractivity contribution in [3.8, 4) is 5.75 Å². The Morgan fingerprint density at radius 2 is 2.36 bits per heavy atom. The Bertz CT molecular complexity index is 334. The van der Waals surface area contributed by atoms with Crippen LogP contribution in [-0.4, -0.2) is 24.5 Å². The zero-order valence-corrected chi connectivity index (χ0v) is 8.06. The third-order valence-electron chi connectivity index (χ3n) is 2.31. The molecule has 0 radical (unpaired) electrons. The van der Waals surface area contributed by atoms with Gasteiger partial charge in [-0.15, -0.1) is 0 Å². The van der Waals surface area contributed by atoms with Gasteiger partial charge in [0, 0.05) is 13.0 Å². The zero-order valence-electron chi connectivity index (χ0n) is 8.06. The van der Waals surface area contributed by atoms with E-state index in [0.29, 0.717) is 18.0 Å². The average Bonchev–Trinajstić information content (AvgIpc) is 2.65. The maximum Gasteiger partial charge on any atom is 0.228 e. The number of anilines is 1. The summed E-state index contributed by atoms with van der Waals surface area (Å²) >= 11 is 0. The fraction of sp³-hybridized carbons (Fsp3) is 0.400. The Balaban J connectivity index is 2.20. The van der Waals surface area contributed by atoms with Crippen LogP contribution in [0.2, 0.25) is 0 Å². The molecule has 1 amide bonds. The monoisotopic (exact) mass is 192 g/mol. The van der Waals surface area contributed by atoms with E-state index in [9.17, 15) is 4.79 Å². The Kier molecular flexibility index (Phi) is 2.35. The molecule has 0 atom stereocenters. The van der Waals surface area contributed by atoms with Gasteiger partial charge in [0.05, 0.1) is 13.3 Å². The molecular formula is C10H12N2O2. The van der Waals surface area contributed by atoms with Gasteiger partial charge in [0.1, 0.15) is 11.6 Å². The predicted octanol–water partition coefficient (Wildman–Crippen LogP) is 1.22. The number of carbonyl (C=O) groups excluding carboxylic acids is 1. The van der Waals surface area contributed by atoms with Crippen molar-refractivity contribution in [2.24, 2.45) is 0 Å². The molecule has 1 aromatic rings. The molecule has 1 aromatic heterocycles. The summed E-state index contributed by atoms with van der Waals surface area (Å²) in [5.41, 5.74) is 0. The second-order valence-electron chi connectivity index (χ2n) is 3.21. The minimum atomic E-state index is 0.155. The van der Waals surface area contributed by atoms with Crippen LogP contribution in [0.4, 0.5) is 5.82 Å². The molecule has 4 heteroatoms. The van der Waals surface area contributed by atoms with E-state index in [4.69, 9.17) is 4.74 Å². The van der Waals surface area contributed by atoms with E-state index in [1.165, 1.54) is 0 Å². The molecular weight excluding hydrogens is 180 g/mol. The van der Waals surface area contributed by atoms with Gasteiger partial charge in [0.15, 0.2) is 0 Å². The number of hydrogen-bond donors (Lipinski definition) is 0.